The van der Waals surface area contributed by atoms with Gasteiger partial charge in [0.25, 0.3) is 11.8 Å². The standard InChI is InChI=1S/C21H19N5O2S/c1-14-4-2-6-18(12-14)24-21(29)26-25-20(28)15-7-9-17(10-8-15)23-19(27)16-5-3-11-22-13-16/h2-13H,1H3,(H,23,27)(H,25,28)(H2,24,26,29). The molecule has 0 aliphatic rings. The second-order valence-electron chi connectivity index (χ2n) is 6.18. The molecule has 2 amide bonds. The zero-order valence-corrected chi connectivity index (χ0v) is 16.4. The lowest BCUT2D eigenvalue weighted by molar-refractivity contribution is 0.0943. The van der Waals surface area contributed by atoms with Gasteiger partial charge >= 0.3 is 0 Å². The lowest BCUT2D eigenvalue weighted by Crippen LogP contribution is -2.43. The van der Waals surface area contributed by atoms with Crippen LogP contribution in [0.1, 0.15) is 26.3 Å². The number of amides is 2. The molecule has 3 aromatic rings. The van der Waals surface area contributed by atoms with Crippen molar-refractivity contribution in [3.63, 3.8) is 0 Å². The van der Waals surface area contributed by atoms with E-state index in [4.69, 9.17) is 12.2 Å². The van der Waals surface area contributed by atoms with Gasteiger partial charge in [0.05, 0.1) is 5.56 Å². The molecule has 0 aliphatic carbocycles. The Balaban J connectivity index is 1.51. The molecule has 0 atom stereocenters. The average Bonchev–Trinajstić information content (AvgIpc) is 2.73. The normalized spacial score (nSPS) is 9.97. The number of aromatic nitrogens is 1. The molecule has 29 heavy (non-hydrogen) atoms. The molecule has 0 radical (unpaired) electrons. The molecule has 0 unspecified atom stereocenters. The quantitative estimate of drug-likeness (QED) is 0.393. The van der Waals surface area contributed by atoms with Crippen molar-refractivity contribution >= 4 is 40.5 Å². The molecule has 0 bridgehead atoms. The molecule has 0 saturated carbocycles. The molecule has 0 spiro atoms. The Morgan fingerprint density at radius 1 is 0.828 bits per heavy atom. The second kappa shape index (κ2) is 9.43. The van der Waals surface area contributed by atoms with Crippen LogP contribution in [0.4, 0.5) is 11.4 Å². The topological polar surface area (TPSA) is 95.1 Å². The van der Waals surface area contributed by atoms with Crippen LogP contribution in [0.5, 0.6) is 0 Å². The van der Waals surface area contributed by atoms with Crippen LogP contribution in [0.15, 0.2) is 73.1 Å². The van der Waals surface area contributed by atoms with Gasteiger partial charge in [-0.15, -0.1) is 0 Å². The van der Waals surface area contributed by atoms with Gasteiger partial charge < -0.3 is 10.6 Å². The van der Waals surface area contributed by atoms with Gasteiger partial charge in [-0.25, -0.2) is 0 Å². The molecular formula is C21H19N5O2S. The number of pyridine rings is 1. The highest BCUT2D eigenvalue weighted by Gasteiger charge is 2.08. The fraction of sp³-hybridized carbons (Fsp3) is 0.0476. The van der Waals surface area contributed by atoms with E-state index in [0.717, 1.165) is 11.3 Å². The van der Waals surface area contributed by atoms with E-state index in [1.165, 1.54) is 6.20 Å². The predicted molar refractivity (Wildman–Crippen MR) is 117 cm³/mol. The van der Waals surface area contributed by atoms with E-state index in [9.17, 15) is 9.59 Å². The maximum absolute atomic E-state index is 12.3. The number of nitrogens with zero attached hydrogens (tertiary/aromatic N) is 1. The molecule has 146 valence electrons. The minimum Gasteiger partial charge on any atom is -0.331 e. The number of benzene rings is 2. The summed E-state index contributed by atoms with van der Waals surface area (Å²) >= 11 is 5.17. The Bertz CT molecular complexity index is 1020. The van der Waals surface area contributed by atoms with E-state index in [1.807, 2.05) is 31.2 Å². The summed E-state index contributed by atoms with van der Waals surface area (Å²) in [4.78, 5) is 28.3. The Labute approximate surface area is 173 Å². The number of hydrazine groups is 1. The first kappa shape index (κ1) is 20.0. The molecule has 0 aliphatic heterocycles. The van der Waals surface area contributed by atoms with Gasteiger partial charge in [0.2, 0.25) is 0 Å². The van der Waals surface area contributed by atoms with Gasteiger partial charge in [0.15, 0.2) is 5.11 Å². The predicted octanol–water partition coefficient (Wildman–Crippen LogP) is 3.27. The van der Waals surface area contributed by atoms with E-state index < -0.39 is 0 Å². The van der Waals surface area contributed by atoms with Crippen LogP contribution in [0.3, 0.4) is 0 Å². The number of carbonyl (C=O) groups excluding carboxylic acids is 2. The number of anilines is 2. The summed E-state index contributed by atoms with van der Waals surface area (Å²) in [6, 6.07) is 17.6. The van der Waals surface area contributed by atoms with Crippen LogP contribution in [-0.4, -0.2) is 21.9 Å². The van der Waals surface area contributed by atoms with Gasteiger partial charge in [-0.05, 0) is 73.2 Å². The molecule has 4 N–H and O–H groups in total. The van der Waals surface area contributed by atoms with Gasteiger partial charge in [-0.1, -0.05) is 12.1 Å². The number of hydrogen-bond donors (Lipinski definition) is 4. The number of thiocarbonyl (C=S) groups is 1. The van der Waals surface area contributed by atoms with Crippen molar-refractivity contribution < 1.29 is 9.59 Å². The first-order chi connectivity index (χ1) is 14.0. The molecule has 0 fully saturated rings. The summed E-state index contributed by atoms with van der Waals surface area (Å²) < 4.78 is 0. The van der Waals surface area contributed by atoms with Crippen LogP contribution >= 0.6 is 12.2 Å². The van der Waals surface area contributed by atoms with Crippen molar-refractivity contribution in [2.75, 3.05) is 10.6 Å². The summed E-state index contributed by atoms with van der Waals surface area (Å²) in [6.45, 7) is 1.98. The van der Waals surface area contributed by atoms with Gasteiger partial charge in [-0.2, -0.15) is 0 Å². The van der Waals surface area contributed by atoms with Crippen molar-refractivity contribution in [2.24, 2.45) is 0 Å². The Kier molecular flexibility index (Phi) is 6.49. The third-order valence-electron chi connectivity index (χ3n) is 3.89. The van der Waals surface area contributed by atoms with Crippen molar-refractivity contribution in [3.8, 4) is 0 Å². The number of aryl methyl sites for hydroxylation is 1. The van der Waals surface area contributed by atoms with Crippen LogP contribution in [0, 0.1) is 6.92 Å². The second-order valence-corrected chi connectivity index (χ2v) is 6.58. The van der Waals surface area contributed by atoms with Gasteiger partial charge in [-0.3, -0.25) is 25.4 Å². The first-order valence-corrected chi connectivity index (χ1v) is 9.17. The highest BCUT2D eigenvalue weighted by Crippen LogP contribution is 2.11. The zero-order valence-electron chi connectivity index (χ0n) is 15.6. The van der Waals surface area contributed by atoms with Gasteiger partial charge in [0, 0.05) is 29.3 Å². The number of carbonyl (C=O) groups is 2. The van der Waals surface area contributed by atoms with Crippen LogP contribution in [0.2, 0.25) is 0 Å². The summed E-state index contributed by atoms with van der Waals surface area (Å²) in [7, 11) is 0. The van der Waals surface area contributed by atoms with Crippen LogP contribution in [-0.2, 0) is 0 Å². The van der Waals surface area contributed by atoms with E-state index in [2.05, 4.69) is 26.5 Å². The van der Waals surface area contributed by atoms with Crippen molar-refractivity contribution in [3.05, 3.63) is 89.7 Å². The SMILES string of the molecule is Cc1cccc(NC(=S)NNC(=O)c2ccc(NC(=O)c3cccnc3)cc2)c1. The van der Waals surface area contributed by atoms with E-state index in [1.54, 1.807) is 42.6 Å². The molecule has 1 heterocycles. The first-order valence-electron chi connectivity index (χ1n) is 8.77. The highest BCUT2D eigenvalue weighted by atomic mass is 32.1. The minimum absolute atomic E-state index is 0.268. The van der Waals surface area contributed by atoms with E-state index in [0.29, 0.717) is 16.8 Å². The largest absolute Gasteiger partial charge is 0.331 e. The van der Waals surface area contributed by atoms with Crippen molar-refractivity contribution in [1.29, 1.82) is 0 Å². The third kappa shape index (κ3) is 5.85. The van der Waals surface area contributed by atoms with E-state index in [-0.39, 0.29) is 16.9 Å². The summed E-state index contributed by atoms with van der Waals surface area (Å²) in [6.07, 6.45) is 3.08. The lowest BCUT2D eigenvalue weighted by Gasteiger charge is -2.12. The minimum atomic E-state index is -0.358. The highest BCUT2D eigenvalue weighted by molar-refractivity contribution is 7.80. The maximum Gasteiger partial charge on any atom is 0.269 e. The van der Waals surface area contributed by atoms with E-state index >= 15 is 0 Å². The number of nitrogens with one attached hydrogen (secondary N) is 4. The number of hydrogen-bond acceptors (Lipinski definition) is 4. The summed E-state index contributed by atoms with van der Waals surface area (Å²) in [5.74, 6) is -0.631. The van der Waals surface area contributed by atoms with Crippen LogP contribution in [0.25, 0.3) is 0 Å². The molecular weight excluding hydrogens is 386 g/mol. The molecule has 0 saturated heterocycles. The maximum atomic E-state index is 12.3. The Morgan fingerprint density at radius 2 is 1.62 bits per heavy atom. The summed E-state index contributed by atoms with van der Waals surface area (Å²) in [5.41, 5.74) is 8.55. The number of rotatable bonds is 4. The molecule has 3 rings (SSSR count). The zero-order chi connectivity index (χ0) is 20.6. The lowest BCUT2D eigenvalue weighted by atomic mass is 10.2. The van der Waals surface area contributed by atoms with Crippen molar-refractivity contribution in [1.82, 2.24) is 15.8 Å². The fourth-order valence-corrected chi connectivity index (χ4v) is 2.65. The summed E-state index contributed by atoms with van der Waals surface area (Å²) in [5, 5.41) is 6.01. The molecule has 8 heteroatoms. The smallest absolute Gasteiger partial charge is 0.269 e. The molecule has 2 aromatic carbocycles. The third-order valence-corrected chi connectivity index (χ3v) is 4.10. The van der Waals surface area contributed by atoms with Crippen LogP contribution < -0.4 is 21.5 Å². The Hall–Kier alpha value is -3.78. The fourth-order valence-electron chi connectivity index (χ4n) is 2.48. The monoisotopic (exact) mass is 405 g/mol. The Morgan fingerprint density at radius 3 is 2.31 bits per heavy atom. The molecule has 7 nitrogen and oxygen atoms in total. The average molecular weight is 405 g/mol. The molecule has 1 aromatic heterocycles. The van der Waals surface area contributed by atoms with Gasteiger partial charge in [0.1, 0.15) is 0 Å². The van der Waals surface area contributed by atoms with Crippen molar-refractivity contribution in [2.45, 2.75) is 6.92 Å².